The maximum atomic E-state index is 12.7. The molecule has 172 valence electrons. The minimum absolute atomic E-state index is 0.0384. The highest BCUT2D eigenvalue weighted by atomic mass is 16.5. The molecule has 1 amide bonds. The van der Waals surface area contributed by atoms with Gasteiger partial charge in [0.2, 0.25) is 5.91 Å². The molecule has 4 heteroatoms. The SMILES string of the molecule is CCOc1ccc(/C=C/C(=O)N2CCC3(C=Cc4cc(-c5ccccc5)ccc4O3)CC2)cc1. The normalized spacial score (nSPS) is 16.3. The molecular weight excluding hydrogens is 422 g/mol. The summed E-state index contributed by atoms with van der Waals surface area (Å²) in [7, 11) is 0. The van der Waals surface area contributed by atoms with Crippen LogP contribution in [0.2, 0.25) is 0 Å². The molecule has 2 aliphatic rings. The lowest BCUT2D eigenvalue weighted by Gasteiger charge is -2.41. The second-order valence-electron chi connectivity index (χ2n) is 8.78. The summed E-state index contributed by atoms with van der Waals surface area (Å²) in [6.07, 6.45) is 9.44. The van der Waals surface area contributed by atoms with E-state index in [0.29, 0.717) is 19.7 Å². The summed E-state index contributed by atoms with van der Waals surface area (Å²) in [5, 5.41) is 0. The van der Waals surface area contributed by atoms with Gasteiger partial charge in [0.05, 0.1) is 6.61 Å². The van der Waals surface area contributed by atoms with Gasteiger partial charge in [-0.25, -0.2) is 0 Å². The Morgan fingerprint density at radius 2 is 1.76 bits per heavy atom. The fourth-order valence-corrected chi connectivity index (χ4v) is 4.57. The van der Waals surface area contributed by atoms with Crippen molar-refractivity contribution < 1.29 is 14.3 Å². The van der Waals surface area contributed by atoms with Gasteiger partial charge in [-0.3, -0.25) is 4.79 Å². The van der Waals surface area contributed by atoms with E-state index in [4.69, 9.17) is 9.47 Å². The Kier molecular flexibility index (Phi) is 6.22. The van der Waals surface area contributed by atoms with Crippen LogP contribution in [0, 0.1) is 0 Å². The zero-order valence-electron chi connectivity index (χ0n) is 19.4. The fraction of sp³-hybridized carbons (Fsp3) is 0.233. The van der Waals surface area contributed by atoms with Gasteiger partial charge in [-0.15, -0.1) is 0 Å². The summed E-state index contributed by atoms with van der Waals surface area (Å²) in [6, 6.07) is 24.5. The molecule has 1 saturated heterocycles. The standard InChI is InChI=1S/C30H29NO3/c1-2-33-27-12-8-23(9-13-27)10-15-29(32)31-20-18-30(19-21-31)17-16-26-22-25(11-14-28(26)34-30)24-6-4-3-5-7-24/h3-17,22H,2,18-21H2,1H3/b15-10+. The van der Waals surface area contributed by atoms with Crippen LogP contribution in [-0.4, -0.2) is 36.1 Å². The molecule has 0 saturated carbocycles. The number of benzene rings is 3. The van der Waals surface area contributed by atoms with E-state index in [-0.39, 0.29) is 11.5 Å². The monoisotopic (exact) mass is 451 g/mol. The first-order chi connectivity index (χ1) is 16.6. The van der Waals surface area contributed by atoms with E-state index < -0.39 is 0 Å². The van der Waals surface area contributed by atoms with Crippen molar-refractivity contribution in [3.63, 3.8) is 0 Å². The number of rotatable bonds is 5. The van der Waals surface area contributed by atoms with Crippen molar-refractivity contribution in [3.05, 3.63) is 96.1 Å². The van der Waals surface area contributed by atoms with E-state index in [1.807, 2.05) is 48.2 Å². The molecule has 1 spiro atoms. The Balaban J connectivity index is 1.20. The van der Waals surface area contributed by atoms with Gasteiger partial charge < -0.3 is 14.4 Å². The Morgan fingerprint density at radius 1 is 1.00 bits per heavy atom. The first-order valence-corrected chi connectivity index (χ1v) is 11.9. The summed E-state index contributed by atoms with van der Waals surface area (Å²) < 4.78 is 12.0. The number of hydrogen-bond acceptors (Lipinski definition) is 3. The largest absolute Gasteiger partial charge is 0.494 e. The lowest BCUT2D eigenvalue weighted by atomic mass is 9.87. The molecule has 0 N–H and O–H groups in total. The van der Waals surface area contributed by atoms with Gasteiger partial charge >= 0.3 is 0 Å². The molecule has 0 radical (unpaired) electrons. The topological polar surface area (TPSA) is 38.8 Å². The molecule has 2 aliphatic heterocycles. The molecule has 0 aliphatic carbocycles. The van der Waals surface area contributed by atoms with Crippen molar-refractivity contribution >= 4 is 18.1 Å². The average molecular weight is 452 g/mol. The molecule has 0 aromatic heterocycles. The van der Waals surface area contributed by atoms with Crippen molar-refractivity contribution in [1.29, 1.82) is 0 Å². The predicted molar refractivity (Wildman–Crippen MR) is 137 cm³/mol. The van der Waals surface area contributed by atoms with Gasteiger partial charge in [-0.2, -0.15) is 0 Å². The summed E-state index contributed by atoms with van der Waals surface area (Å²) in [4.78, 5) is 14.6. The van der Waals surface area contributed by atoms with Crippen molar-refractivity contribution in [2.24, 2.45) is 0 Å². The van der Waals surface area contributed by atoms with Gasteiger partial charge in [0, 0.05) is 37.6 Å². The first-order valence-electron chi connectivity index (χ1n) is 11.9. The van der Waals surface area contributed by atoms with Crippen LogP contribution in [0.3, 0.4) is 0 Å². The number of amides is 1. The fourth-order valence-electron chi connectivity index (χ4n) is 4.57. The van der Waals surface area contributed by atoms with E-state index in [2.05, 4.69) is 54.6 Å². The third-order valence-electron chi connectivity index (χ3n) is 6.53. The molecule has 1 fully saturated rings. The van der Waals surface area contributed by atoms with Crippen LogP contribution in [0.1, 0.15) is 30.9 Å². The summed E-state index contributed by atoms with van der Waals surface area (Å²) in [5.41, 5.74) is 4.13. The van der Waals surface area contributed by atoms with Crippen LogP contribution >= 0.6 is 0 Å². The summed E-state index contributed by atoms with van der Waals surface area (Å²) in [6.45, 7) is 3.95. The smallest absolute Gasteiger partial charge is 0.246 e. The van der Waals surface area contributed by atoms with Crippen molar-refractivity contribution in [3.8, 4) is 22.6 Å². The number of likely N-dealkylation sites (tertiary alicyclic amines) is 1. The highest BCUT2D eigenvalue weighted by Gasteiger charge is 2.37. The van der Waals surface area contributed by atoms with Gasteiger partial charge in [0.15, 0.2) is 0 Å². The predicted octanol–water partition coefficient (Wildman–Crippen LogP) is 6.23. The average Bonchev–Trinajstić information content (AvgIpc) is 2.89. The third-order valence-corrected chi connectivity index (χ3v) is 6.53. The lowest BCUT2D eigenvalue weighted by Crippen LogP contribution is -2.49. The van der Waals surface area contributed by atoms with Crippen LogP contribution in [0.4, 0.5) is 0 Å². The lowest BCUT2D eigenvalue weighted by molar-refractivity contribution is -0.128. The van der Waals surface area contributed by atoms with Crippen LogP contribution in [0.25, 0.3) is 23.3 Å². The van der Waals surface area contributed by atoms with Gasteiger partial charge in [-0.05, 0) is 60.0 Å². The van der Waals surface area contributed by atoms with Gasteiger partial charge in [-0.1, -0.05) is 54.6 Å². The summed E-state index contributed by atoms with van der Waals surface area (Å²) >= 11 is 0. The molecule has 3 aromatic carbocycles. The Morgan fingerprint density at radius 3 is 2.50 bits per heavy atom. The first kappa shape index (κ1) is 22.0. The maximum absolute atomic E-state index is 12.7. The molecule has 5 rings (SSSR count). The van der Waals surface area contributed by atoms with Crippen LogP contribution < -0.4 is 9.47 Å². The highest BCUT2D eigenvalue weighted by molar-refractivity contribution is 5.92. The van der Waals surface area contributed by atoms with Crippen LogP contribution in [0.5, 0.6) is 11.5 Å². The summed E-state index contributed by atoms with van der Waals surface area (Å²) in [5.74, 6) is 1.79. The van der Waals surface area contributed by atoms with Crippen molar-refractivity contribution in [1.82, 2.24) is 4.90 Å². The van der Waals surface area contributed by atoms with Crippen LogP contribution in [0.15, 0.2) is 84.9 Å². The van der Waals surface area contributed by atoms with Crippen molar-refractivity contribution in [2.75, 3.05) is 19.7 Å². The highest BCUT2D eigenvalue weighted by Crippen LogP contribution is 2.38. The van der Waals surface area contributed by atoms with Gasteiger partial charge in [0.25, 0.3) is 0 Å². The zero-order chi connectivity index (χ0) is 23.4. The van der Waals surface area contributed by atoms with Crippen molar-refractivity contribution in [2.45, 2.75) is 25.4 Å². The second-order valence-corrected chi connectivity index (χ2v) is 8.78. The number of carbonyl (C=O) groups excluding carboxylic acids is 1. The maximum Gasteiger partial charge on any atom is 0.246 e. The molecule has 0 atom stereocenters. The Hall–Kier alpha value is -3.79. The molecular formula is C30H29NO3. The molecule has 0 bridgehead atoms. The molecule has 3 aromatic rings. The minimum Gasteiger partial charge on any atom is -0.494 e. The Bertz CT molecular complexity index is 1200. The van der Waals surface area contributed by atoms with E-state index in [9.17, 15) is 4.79 Å². The molecule has 0 unspecified atom stereocenters. The number of nitrogens with zero attached hydrogens (tertiary/aromatic N) is 1. The second kappa shape index (κ2) is 9.60. The minimum atomic E-state index is -0.336. The number of ether oxygens (including phenoxy) is 2. The zero-order valence-corrected chi connectivity index (χ0v) is 19.4. The number of hydrogen-bond donors (Lipinski definition) is 0. The molecule has 2 heterocycles. The number of fused-ring (bicyclic) bond motifs is 1. The van der Waals surface area contributed by atoms with Gasteiger partial charge in [0.1, 0.15) is 17.1 Å². The quantitative estimate of drug-likeness (QED) is 0.432. The van der Waals surface area contributed by atoms with E-state index >= 15 is 0 Å². The number of carbonyl (C=O) groups is 1. The van der Waals surface area contributed by atoms with E-state index in [1.165, 1.54) is 11.1 Å². The molecule has 34 heavy (non-hydrogen) atoms. The van der Waals surface area contributed by atoms with Crippen LogP contribution in [-0.2, 0) is 4.79 Å². The third kappa shape index (κ3) is 4.76. The van der Waals surface area contributed by atoms with E-state index in [1.54, 1.807) is 6.08 Å². The Labute approximate surface area is 201 Å². The molecule has 4 nitrogen and oxygen atoms in total. The van der Waals surface area contributed by atoms with E-state index in [0.717, 1.165) is 35.5 Å². The number of piperidine rings is 1.